The zero-order chi connectivity index (χ0) is 14.2. The molecular weight excluding hydrogens is 250 g/mol. The standard InChI is InChI=1S/C16H27N3O/c1-2-15(12-17)20-11-4-3-7-14-9-8-13-6-5-10-18-16(13)19-14/h8-9,15H,2-7,10-12,17H2,1H3,(H,18,19). The van der Waals surface area contributed by atoms with E-state index in [9.17, 15) is 0 Å². The Morgan fingerprint density at radius 2 is 2.30 bits per heavy atom. The van der Waals surface area contributed by atoms with Gasteiger partial charge in [0.05, 0.1) is 6.10 Å². The highest BCUT2D eigenvalue weighted by molar-refractivity contribution is 5.46. The molecule has 0 radical (unpaired) electrons. The van der Waals surface area contributed by atoms with E-state index < -0.39 is 0 Å². The largest absolute Gasteiger partial charge is 0.377 e. The maximum atomic E-state index is 5.71. The normalized spacial score (nSPS) is 15.5. The maximum Gasteiger partial charge on any atom is 0.129 e. The highest BCUT2D eigenvalue weighted by Gasteiger charge is 2.10. The van der Waals surface area contributed by atoms with Crippen molar-refractivity contribution in [3.8, 4) is 0 Å². The number of pyridine rings is 1. The molecule has 3 N–H and O–H groups in total. The lowest BCUT2D eigenvalue weighted by atomic mass is 10.1. The second-order valence-corrected chi connectivity index (χ2v) is 5.43. The minimum atomic E-state index is 0.223. The number of aromatic nitrogens is 1. The number of unbranched alkanes of at least 4 members (excludes halogenated alkanes) is 1. The van der Waals surface area contributed by atoms with Crippen molar-refractivity contribution in [1.29, 1.82) is 0 Å². The van der Waals surface area contributed by atoms with Crippen LogP contribution in [0.25, 0.3) is 0 Å². The molecule has 1 unspecified atom stereocenters. The molecule has 1 aliphatic rings. The van der Waals surface area contributed by atoms with Gasteiger partial charge in [-0.05, 0) is 50.2 Å². The molecule has 20 heavy (non-hydrogen) atoms. The van der Waals surface area contributed by atoms with Gasteiger partial charge in [0.2, 0.25) is 0 Å². The van der Waals surface area contributed by atoms with Gasteiger partial charge in [-0.15, -0.1) is 0 Å². The lowest BCUT2D eigenvalue weighted by Gasteiger charge is -2.17. The Balaban J connectivity index is 1.69. The monoisotopic (exact) mass is 277 g/mol. The van der Waals surface area contributed by atoms with Gasteiger partial charge in [0, 0.05) is 25.4 Å². The molecule has 0 saturated carbocycles. The summed E-state index contributed by atoms with van der Waals surface area (Å²) in [5, 5.41) is 3.39. The van der Waals surface area contributed by atoms with Gasteiger partial charge in [0.1, 0.15) is 5.82 Å². The molecule has 4 heteroatoms. The quantitative estimate of drug-likeness (QED) is 0.717. The number of anilines is 1. The van der Waals surface area contributed by atoms with Gasteiger partial charge in [0.15, 0.2) is 0 Å². The average molecular weight is 277 g/mol. The zero-order valence-corrected chi connectivity index (χ0v) is 12.5. The van der Waals surface area contributed by atoms with Crippen molar-refractivity contribution in [3.63, 3.8) is 0 Å². The van der Waals surface area contributed by atoms with E-state index in [1.807, 2.05) is 0 Å². The molecule has 1 aliphatic heterocycles. The summed E-state index contributed by atoms with van der Waals surface area (Å²) in [6, 6.07) is 4.39. The molecule has 2 rings (SSSR count). The molecular formula is C16H27N3O. The highest BCUT2D eigenvalue weighted by Crippen LogP contribution is 2.20. The van der Waals surface area contributed by atoms with Crippen molar-refractivity contribution in [2.24, 2.45) is 5.73 Å². The molecule has 0 aliphatic carbocycles. The van der Waals surface area contributed by atoms with Crippen LogP contribution >= 0.6 is 0 Å². The van der Waals surface area contributed by atoms with E-state index in [-0.39, 0.29) is 6.10 Å². The van der Waals surface area contributed by atoms with Crippen LogP contribution in [0.5, 0.6) is 0 Å². The molecule has 4 nitrogen and oxygen atoms in total. The molecule has 1 atom stereocenters. The van der Waals surface area contributed by atoms with Crippen molar-refractivity contribution in [1.82, 2.24) is 4.98 Å². The van der Waals surface area contributed by atoms with Crippen LogP contribution < -0.4 is 11.1 Å². The van der Waals surface area contributed by atoms with Crippen LogP contribution in [0, 0.1) is 0 Å². The number of nitrogens with zero attached hydrogens (tertiary/aromatic N) is 1. The second-order valence-electron chi connectivity index (χ2n) is 5.43. The lowest BCUT2D eigenvalue weighted by Crippen LogP contribution is -2.23. The summed E-state index contributed by atoms with van der Waals surface area (Å²) in [6.45, 7) is 4.59. The van der Waals surface area contributed by atoms with Crippen LogP contribution in [0.3, 0.4) is 0 Å². The number of hydrogen-bond donors (Lipinski definition) is 2. The fourth-order valence-corrected chi connectivity index (χ4v) is 2.52. The van der Waals surface area contributed by atoms with Crippen molar-refractivity contribution in [3.05, 3.63) is 23.4 Å². The highest BCUT2D eigenvalue weighted by atomic mass is 16.5. The Morgan fingerprint density at radius 1 is 1.40 bits per heavy atom. The van der Waals surface area contributed by atoms with Gasteiger partial charge in [-0.1, -0.05) is 13.0 Å². The Morgan fingerprint density at radius 3 is 3.10 bits per heavy atom. The fourth-order valence-electron chi connectivity index (χ4n) is 2.52. The molecule has 1 aromatic heterocycles. The minimum absolute atomic E-state index is 0.223. The van der Waals surface area contributed by atoms with E-state index in [2.05, 4.69) is 24.4 Å². The summed E-state index contributed by atoms with van der Waals surface area (Å²) in [4.78, 5) is 4.71. The fraction of sp³-hybridized carbons (Fsp3) is 0.688. The first-order chi connectivity index (χ1) is 9.83. The van der Waals surface area contributed by atoms with Crippen molar-refractivity contribution < 1.29 is 4.74 Å². The smallest absolute Gasteiger partial charge is 0.129 e. The summed E-state index contributed by atoms with van der Waals surface area (Å²) in [6.07, 6.45) is 6.80. The number of rotatable bonds is 8. The van der Waals surface area contributed by atoms with Gasteiger partial charge in [-0.2, -0.15) is 0 Å². The lowest BCUT2D eigenvalue weighted by molar-refractivity contribution is 0.0543. The Kier molecular flexibility index (Phi) is 6.27. The van der Waals surface area contributed by atoms with Crippen LogP contribution in [0.15, 0.2) is 12.1 Å². The van der Waals surface area contributed by atoms with Crippen molar-refractivity contribution >= 4 is 5.82 Å². The maximum absolute atomic E-state index is 5.71. The number of fused-ring (bicyclic) bond motifs is 1. The molecule has 0 fully saturated rings. The van der Waals surface area contributed by atoms with Crippen LogP contribution in [0.1, 0.15) is 43.9 Å². The summed E-state index contributed by atoms with van der Waals surface area (Å²) in [5.74, 6) is 1.10. The number of nitrogens with one attached hydrogen (secondary N) is 1. The van der Waals surface area contributed by atoms with Gasteiger partial charge >= 0.3 is 0 Å². The van der Waals surface area contributed by atoms with Crippen LogP contribution in [0.2, 0.25) is 0 Å². The molecule has 0 aromatic carbocycles. The average Bonchev–Trinajstić information content (AvgIpc) is 2.51. The predicted octanol–water partition coefficient (Wildman–Crippen LogP) is 2.52. The first-order valence-corrected chi connectivity index (χ1v) is 7.87. The van der Waals surface area contributed by atoms with Crippen molar-refractivity contribution in [2.75, 3.05) is 25.0 Å². The van der Waals surface area contributed by atoms with E-state index in [1.54, 1.807) is 0 Å². The first-order valence-electron chi connectivity index (χ1n) is 7.87. The van der Waals surface area contributed by atoms with Gasteiger partial charge in [-0.3, -0.25) is 0 Å². The minimum Gasteiger partial charge on any atom is -0.377 e. The van der Waals surface area contributed by atoms with E-state index in [4.69, 9.17) is 15.5 Å². The third-order valence-corrected chi connectivity index (χ3v) is 3.85. The predicted molar refractivity (Wildman–Crippen MR) is 83.1 cm³/mol. The van der Waals surface area contributed by atoms with Crippen LogP contribution in [-0.4, -0.2) is 30.8 Å². The number of aryl methyl sites for hydroxylation is 2. The van der Waals surface area contributed by atoms with Crippen LogP contribution in [-0.2, 0) is 17.6 Å². The third kappa shape index (κ3) is 4.46. The topological polar surface area (TPSA) is 60.2 Å². The van der Waals surface area contributed by atoms with Gasteiger partial charge in [0.25, 0.3) is 0 Å². The van der Waals surface area contributed by atoms with Crippen LogP contribution in [0.4, 0.5) is 5.82 Å². The molecule has 0 saturated heterocycles. The third-order valence-electron chi connectivity index (χ3n) is 3.85. The van der Waals surface area contributed by atoms with Gasteiger partial charge < -0.3 is 15.8 Å². The molecule has 0 amide bonds. The number of hydrogen-bond acceptors (Lipinski definition) is 4. The molecule has 1 aromatic rings. The molecule has 2 heterocycles. The Bertz CT molecular complexity index is 405. The Hall–Kier alpha value is -1.13. The summed E-state index contributed by atoms with van der Waals surface area (Å²) >= 11 is 0. The zero-order valence-electron chi connectivity index (χ0n) is 12.5. The molecule has 112 valence electrons. The van der Waals surface area contributed by atoms with E-state index in [1.165, 1.54) is 17.7 Å². The second kappa shape index (κ2) is 8.22. The van der Waals surface area contributed by atoms with Gasteiger partial charge in [-0.25, -0.2) is 4.98 Å². The van der Waals surface area contributed by atoms with Crippen molar-refractivity contribution in [2.45, 2.75) is 51.6 Å². The SMILES string of the molecule is CCC(CN)OCCCCc1ccc2c(n1)NCCC2. The van der Waals surface area contributed by atoms with E-state index >= 15 is 0 Å². The molecule has 0 bridgehead atoms. The summed E-state index contributed by atoms with van der Waals surface area (Å²) in [7, 11) is 0. The van der Waals surface area contributed by atoms with E-state index in [0.717, 1.165) is 51.1 Å². The summed E-state index contributed by atoms with van der Waals surface area (Å²) in [5.41, 5.74) is 8.15. The molecule has 0 spiro atoms. The number of nitrogens with two attached hydrogens (primary N) is 1. The number of ether oxygens (including phenoxy) is 1. The summed E-state index contributed by atoms with van der Waals surface area (Å²) < 4.78 is 5.71. The Labute approximate surface area is 122 Å². The first kappa shape index (κ1) is 15.3. The van der Waals surface area contributed by atoms with E-state index in [0.29, 0.717) is 6.54 Å².